The molecule has 168 valence electrons. The van der Waals surface area contributed by atoms with Crippen molar-refractivity contribution in [3.05, 3.63) is 74.9 Å². The minimum atomic E-state index is -0.474. The molecule has 0 unspecified atom stereocenters. The highest BCUT2D eigenvalue weighted by molar-refractivity contribution is 5.91. The van der Waals surface area contributed by atoms with Crippen LogP contribution >= 0.6 is 0 Å². The highest BCUT2D eigenvalue weighted by Gasteiger charge is 2.16. The zero-order valence-electron chi connectivity index (χ0n) is 18.7. The minimum Gasteiger partial charge on any atom is -0.325 e. The maximum atomic E-state index is 12.8. The van der Waals surface area contributed by atoms with Gasteiger partial charge in [0.05, 0.1) is 10.9 Å². The summed E-state index contributed by atoms with van der Waals surface area (Å²) in [4.78, 5) is 40.6. The summed E-state index contributed by atoms with van der Waals surface area (Å²) in [6.07, 6.45) is 2.49. The second kappa shape index (κ2) is 9.53. The highest BCUT2D eigenvalue weighted by atomic mass is 16.2. The van der Waals surface area contributed by atoms with Gasteiger partial charge < -0.3 is 5.32 Å². The summed E-state index contributed by atoms with van der Waals surface area (Å²) in [5, 5.41) is 3.30. The van der Waals surface area contributed by atoms with Gasteiger partial charge in [-0.15, -0.1) is 0 Å². The van der Waals surface area contributed by atoms with Crippen molar-refractivity contribution < 1.29 is 4.79 Å². The molecule has 0 saturated carbocycles. The molecule has 3 aromatic rings. The number of carbonyl (C=O) groups is 1. The molecule has 1 aliphatic rings. The van der Waals surface area contributed by atoms with E-state index >= 15 is 0 Å². The van der Waals surface area contributed by atoms with E-state index in [0.29, 0.717) is 16.6 Å². The molecule has 1 fully saturated rings. The molecule has 4 rings (SSSR count). The molecule has 2 aromatic carbocycles. The molecule has 1 N–H and O–H groups in total. The standard InChI is InChI=1S/C25H30N4O3/c1-3-28-24(31)21-6-4-5-7-22(21)29(25(28)32)17-23(30)26-20-10-8-19(9-11-20)16-27-14-12-18(2)13-15-27/h4-11,18H,3,12-17H2,1-2H3,(H,26,30). The fourth-order valence-corrected chi connectivity index (χ4v) is 4.32. The first-order chi connectivity index (χ1) is 15.5. The first-order valence-corrected chi connectivity index (χ1v) is 11.3. The van der Waals surface area contributed by atoms with Gasteiger partial charge in [0, 0.05) is 18.8 Å². The lowest BCUT2D eigenvalue weighted by Crippen LogP contribution is -2.41. The lowest BCUT2D eigenvalue weighted by atomic mass is 9.99. The molecular weight excluding hydrogens is 404 g/mol. The molecule has 1 aliphatic heterocycles. The Morgan fingerprint density at radius 2 is 1.69 bits per heavy atom. The first kappa shape index (κ1) is 22.0. The maximum Gasteiger partial charge on any atom is 0.331 e. The Kier molecular flexibility index (Phi) is 6.55. The van der Waals surface area contributed by atoms with E-state index in [4.69, 9.17) is 0 Å². The number of hydrogen-bond acceptors (Lipinski definition) is 4. The van der Waals surface area contributed by atoms with Crippen molar-refractivity contribution in [1.29, 1.82) is 0 Å². The number of para-hydroxylation sites is 1. The van der Waals surface area contributed by atoms with Crippen LogP contribution in [0.4, 0.5) is 5.69 Å². The molecule has 7 heteroatoms. The molecule has 0 spiro atoms. The Morgan fingerprint density at radius 1 is 1.00 bits per heavy atom. The normalized spacial score (nSPS) is 15.2. The van der Waals surface area contributed by atoms with Crippen LogP contribution in [0, 0.1) is 5.92 Å². The Hall–Kier alpha value is -3.19. The minimum absolute atomic E-state index is 0.159. The predicted molar refractivity (Wildman–Crippen MR) is 127 cm³/mol. The first-order valence-electron chi connectivity index (χ1n) is 11.3. The van der Waals surface area contributed by atoms with Gasteiger partial charge in [0.25, 0.3) is 5.56 Å². The van der Waals surface area contributed by atoms with Crippen molar-refractivity contribution in [2.45, 2.75) is 46.3 Å². The number of nitrogens with one attached hydrogen (secondary N) is 1. The highest BCUT2D eigenvalue weighted by Crippen LogP contribution is 2.19. The lowest BCUT2D eigenvalue weighted by Gasteiger charge is -2.30. The van der Waals surface area contributed by atoms with Crippen LogP contribution < -0.4 is 16.6 Å². The molecule has 2 heterocycles. The molecule has 1 saturated heterocycles. The van der Waals surface area contributed by atoms with Gasteiger partial charge in [0.1, 0.15) is 6.54 Å². The third kappa shape index (κ3) is 4.67. The second-order valence-corrected chi connectivity index (χ2v) is 8.64. The maximum absolute atomic E-state index is 12.8. The fourth-order valence-electron chi connectivity index (χ4n) is 4.32. The summed E-state index contributed by atoms with van der Waals surface area (Å²) >= 11 is 0. The van der Waals surface area contributed by atoms with Crippen molar-refractivity contribution in [2.24, 2.45) is 5.92 Å². The molecule has 7 nitrogen and oxygen atoms in total. The van der Waals surface area contributed by atoms with E-state index in [1.54, 1.807) is 31.2 Å². The molecule has 0 atom stereocenters. The van der Waals surface area contributed by atoms with E-state index in [2.05, 4.69) is 17.1 Å². The fraction of sp³-hybridized carbons (Fsp3) is 0.400. The van der Waals surface area contributed by atoms with Crippen LogP contribution in [0.2, 0.25) is 0 Å². The van der Waals surface area contributed by atoms with Crippen LogP contribution in [-0.2, 0) is 24.4 Å². The van der Waals surface area contributed by atoms with Crippen LogP contribution in [-0.4, -0.2) is 33.0 Å². The van der Waals surface area contributed by atoms with Crippen LogP contribution in [0.25, 0.3) is 10.9 Å². The van der Waals surface area contributed by atoms with E-state index in [9.17, 15) is 14.4 Å². The van der Waals surface area contributed by atoms with Crippen molar-refractivity contribution in [3.63, 3.8) is 0 Å². The average Bonchev–Trinajstić information content (AvgIpc) is 2.80. The quantitative estimate of drug-likeness (QED) is 0.647. The monoisotopic (exact) mass is 434 g/mol. The van der Waals surface area contributed by atoms with E-state index in [1.807, 2.05) is 24.3 Å². The second-order valence-electron chi connectivity index (χ2n) is 8.64. The van der Waals surface area contributed by atoms with Gasteiger partial charge in [-0.05, 0) is 68.6 Å². The molecule has 1 aromatic heterocycles. The molecule has 0 bridgehead atoms. The van der Waals surface area contributed by atoms with Gasteiger partial charge in [-0.25, -0.2) is 4.79 Å². The van der Waals surface area contributed by atoms with Crippen LogP contribution in [0.15, 0.2) is 58.1 Å². The van der Waals surface area contributed by atoms with Gasteiger partial charge in [-0.3, -0.25) is 23.6 Å². The number of rotatable bonds is 6. The summed E-state index contributed by atoms with van der Waals surface area (Å²) in [6, 6.07) is 14.7. The number of carbonyl (C=O) groups excluding carboxylic acids is 1. The molecule has 1 amide bonds. The van der Waals surface area contributed by atoms with Gasteiger partial charge in [0.15, 0.2) is 0 Å². The van der Waals surface area contributed by atoms with Crippen LogP contribution in [0.3, 0.4) is 0 Å². The van der Waals surface area contributed by atoms with Gasteiger partial charge >= 0.3 is 5.69 Å². The van der Waals surface area contributed by atoms with Crippen LogP contribution in [0.1, 0.15) is 32.3 Å². The average molecular weight is 435 g/mol. The molecule has 0 aliphatic carbocycles. The number of hydrogen-bond donors (Lipinski definition) is 1. The molecule has 0 radical (unpaired) electrons. The molecular formula is C25H30N4O3. The Labute approximate surface area is 187 Å². The van der Waals surface area contributed by atoms with E-state index in [1.165, 1.54) is 23.0 Å². The Morgan fingerprint density at radius 3 is 2.38 bits per heavy atom. The largest absolute Gasteiger partial charge is 0.331 e. The van der Waals surface area contributed by atoms with E-state index in [0.717, 1.165) is 30.1 Å². The summed E-state index contributed by atoms with van der Waals surface area (Å²) in [7, 11) is 0. The third-order valence-corrected chi connectivity index (χ3v) is 6.27. The van der Waals surface area contributed by atoms with Gasteiger partial charge in [-0.2, -0.15) is 0 Å². The third-order valence-electron chi connectivity index (χ3n) is 6.27. The topological polar surface area (TPSA) is 76.3 Å². The number of amides is 1. The van der Waals surface area contributed by atoms with Crippen molar-refractivity contribution >= 4 is 22.5 Å². The summed E-state index contributed by atoms with van der Waals surface area (Å²) in [6.45, 7) is 7.32. The number of piperidine rings is 1. The Bertz CT molecular complexity index is 1220. The number of nitrogens with zero attached hydrogens (tertiary/aromatic N) is 3. The predicted octanol–water partition coefficient (Wildman–Crippen LogP) is 3.05. The van der Waals surface area contributed by atoms with Crippen molar-refractivity contribution in [3.8, 4) is 0 Å². The summed E-state index contributed by atoms with van der Waals surface area (Å²) in [5.74, 6) is 0.501. The number of anilines is 1. The van der Waals surface area contributed by atoms with Crippen molar-refractivity contribution in [2.75, 3.05) is 18.4 Å². The van der Waals surface area contributed by atoms with Gasteiger partial charge in [0.2, 0.25) is 5.91 Å². The lowest BCUT2D eigenvalue weighted by molar-refractivity contribution is -0.116. The SMILES string of the molecule is CCn1c(=O)c2ccccc2n(CC(=O)Nc2ccc(CN3CCC(C)CC3)cc2)c1=O. The number of benzene rings is 2. The van der Waals surface area contributed by atoms with E-state index < -0.39 is 5.69 Å². The number of likely N-dealkylation sites (tertiary alicyclic amines) is 1. The molecule has 32 heavy (non-hydrogen) atoms. The van der Waals surface area contributed by atoms with Gasteiger partial charge in [-0.1, -0.05) is 31.2 Å². The Balaban J connectivity index is 1.47. The zero-order chi connectivity index (χ0) is 22.7. The number of aromatic nitrogens is 2. The van der Waals surface area contributed by atoms with Crippen molar-refractivity contribution in [1.82, 2.24) is 14.0 Å². The zero-order valence-corrected chi connectivity index (χ0v) is 18.7. The van der Waals surface area contributed by atoms with E-state index in [-0.39, 0.29) is 24.6 Å². The smallest absolute Gasteiger partial charge is 0.325 e. The summed E-state index contributed by atoms with van der Waals surface area (Å²) in [5.41, 5.74) is 1.57. The summed E-state index contributed by atoms with van der Waals surface area (Å²) < 4.78 is 2.52. The number of fused-ring (bicyclic) bond motifs is 1. The van der Waals surface area contributed by atoms with Crippen LogP contribution in [0.5, 0.6) is 0 Å².